The largest absolute Gasteiger partial charge is 0.380 e. The van der Waals surface area contributed by atoms with Crippen molar-refractivity contribution in [1.82, 2.24) is 0 Å². The van der Waals surface area contributed by atoms with Gasteiger partial charge in [0.25, 0.3) is 0 Å². The number of rotatable bonds is 2. The Hall–Kier alpha value is -1.13. The molecule has 1 fully saturated rings. The van der Waals surface area contributed by atoms with Gasteiger partial charge in [-0.15, -0.1) is 0 Å². The Kier molecular flexibility index (Phi) is 4.19. The predicted octanol–water partition coefficient (Wildman–Crippen LogP) is 2.38. The molecule has 3 nitrogen and oxygen atoms in total. The van der Waals surface area contributed by atoms with Crippen LogP contribution in [0.4, 0.5) is 10.1 Å². The normalized spacial score (nSPS) is 18.6. The summed E-state index contributed by atoms with van der Waals surface area (Å²) in [6.45, 7) is 6.97. The highest BCUT2D eigenvalue weighted by Gasteiger charge is 2.17. The molecule has 1 atom stereocenters. The Morgan fingerprint density at radius 3 is 2.83 bits per heavy atom. The highest BCUT2D eigenvalue weighted by molar-refractivity contribution is 5.57. The summed E-state index contributed by atoms with van der Waals surface area (Å²) >= 11 is 0. The minimum absolute atomic E-state index is 0.167. The Morgan fingerprint density at radius 2 is 2.11 bits per heavy atom. The summed E-state index contributed by atoms with van der Waals surface area (Å²) in [6, 6.07) is 3.31. The fourth-order valence-corrected chi connectivity index (χ4v) is 2.31. The molecule has 2 rings (SSSR count). The second kappa shape index (κ2) is 5.67. The second-order valence-electron chi connectivity index (χ2n) is 4.90. The molecule has 18 heavy (non-hydrogen) atoms. The summed E-state index contributed by atoms with van der Waals surface area (Å²) in [6.07, 6.45) is 0.995. The third kappa shape index (κ3) is 2.82. The molecule has 1 aromatic rings. The van der Waals surface area contributed by atoms with Crippen molar-refractivity contribution in [3.05, 3.63) is 29.1 Å². The molecule has 0 saturated carbocycles. The maximum absolute atomic E-state index is 13.7. The molecule has 0 amide bonds. The van der Waals surface area contributed by atoms with Gasteiger partial charge < -0.3 is 15.4 Å². The Balaban J connectivity index is 2.37. The summed E-state index contributed by atoms with van der Waals surface area (Å²) in [5.41, 5.74) is 8.55. The lowest BCUT2D eigenvalue weighted by Crippen LogP contribution is -2.28. The SMILES string of the molecule is Cc1cc(N2CCCOCC2)c([C@@H](C)N)cc1F. The fraction of sp³-hybridized carbons (Fsp3) is 0.571. The van der Waals surface area contributed by atoms with E-state index in [1.54, 1.807) is 13.0 Å². The van der Waals surface area contributed by atoms with E-state index in [-0.39, 0.29) is 11.9 Å². The third-order valence-electron chi connectivity index (χ3n) is 3.36. The van der Waals surface area contributed by atoms with Gasteiger partial charge in [0, 0.05) is 31.4 Å². The average Bonchev–Trinajstić information content (AvgIpc) is 2.60. The van der Waals surface area contributed by atoms with Crippen molar-refractivity contribution in [1.29, 1.82) is 0 Å². The highest BCUT2D eigenvalue weighted by Crippen LogP contribution is 2.29. The smallest absolute Gasteiger partial charge is 0.126 e. The molecule has 1 aliphatic rings. The number of nitrogens with zero attached hydrogens (tertiary/aromatic N) is 1. The minimum atomic E-state index is -0.183. The number of hydrogen-bond acceptors (Lipinski definition) is 3. The third-order valence-corrected chi connectivity index (χ3v) is 3.36. The van der Waals surface area contributed by atoms with Crippen LogP contribution in [-0.2, 0) is 4.74 Å². The summed E-state index contributed by atoms with van der Waals surface area (Å²) in [5, 5.41) is 0. The number of anilines is 1. The van der Waals surface area contributed by atoms with Crippen molar-refractivity contribution in [2.75, 3.05) is 31.2 Å². The minimum Gasteiger partial charge on any atom is -0.380 e. The van der Waals surface area contributed by atoms with Crippen LogP contribution in [0.25, 0.3) is 0 Å². The maximum Gasteiger partial charge on any atom is 0.126 e. The Labute approximate surface area is 108 Å². The quantitative estimate of drug-likeness (QED) is 0.878. The van der Waals surface area contributed by atoms with Crippen molar-refractivity contribution < 1.29 is 9.13 Å². The standard InChI is InChI=1S/C14H21FN2O/c1-10-8-14(12(11(2)16)9-13(10)15)17-4-3-6-18-7-5-17/h8-9,11H,3-7,16H2,1-2H3/t11-/m1/s1. The first-order valence-corrected chi connectivity index (χ1v) is 6.48. The molecule has 100 valence electrons. The molecular formula is C14H21FN2O. The molecule has 0 bridgehead atoms. The van der Waals surface area contributed by atoms with E-state index >= 15 is 0 Å². The van der Waals surface area contributed by atoms with Gasteiger partial charge in [-0.2, -0.15) is 0 Å². The highest BCUT2D eigenvalue weighted by atomic mass is 19.1. The van der Waals surface area contributed by atoms with Crippen molar-refractivity contribution in [3.8, 4) is 0 Å². The molecule has 2 N–H and O–H groups in total. The molecule has 1 aromatic carbocycles. The van der Waals surface area contributed by atoms with E-state index in [9.17, 15) is 4.39 Å². The summed E-state index contributed by atoms with van der Waals surface area (Å²) < 4.78 is 19.1. The van der Waals surface area contributed by atoms with Crippen LogP contribution >= 0.6 is 0 Å². The first-order chi connectivity index (χ1) is 8.59. The van der Waals surface area contributed by atoms with Crippen molar-refractivity contribution in [2.24, 2.45) is 5.73 Å². The van der Waals surface area contributed by atoms with Gasteiger partial charge in [-0.3, -0.25) is 0 Å². The fourth-order valence-electron chi connectivity index (χ4n) is 2.31. The van der Waals surface area contributed by atoms with Crippen LogP contribution in [0.3, 0.4) is 0 Å². The molecule has 0 aliphatic carbocycles. The molecule has 0 radical (unpaired) electrons. The van der Waals surface area contributed by atoms with Gasteiger partial charge in [0.1, 0.15) is 5.82 Å². The van der Waals surface area contributed by atoms with Crippen molar-refractivity contribution in [2.45, 2.75) is 26.3 Å². The molecular weight excluding hydrogens is 231 g/mol. The number of aryl methyl sites for hydroxylation is 1. The lowest BCUT2D eigenvalue weighted by Gasteiger charge is -2.27. The van der Waals surface area contributed by atoms with Crippen LogP contribution in [0.2, 0.25) is 0 Å². The van der Waals surface area contributed by atoms with E-state index < -0.39 is 0 Å². The van der Waals surface area contributed by atoms with E-state index in [0.717, 1.165) is 44.0 Å². The van der Waals surface area contributed by atoms with Crippen LogP contribution in [0.5, 0.6) is 0 Å². The number of halogens is 1. The molecule has 0 aromatic heterocycles. The summed E-state index contributed by atoms with van der Waals surface area (Å²) in [4.78, 5) is 2.25. The number of ether oxygens (including phenoxy) is 1. The number of benzene rings is 1. The van der Waals surface area contributed by atoms with Gasteiger partial charge in [0.2, 0.25) is 0 Å². The lowest BCUT2D eigenvalue weighted by molar-refractivity contribution is 0.152. The van der Waals surface area contributed by atoms with Crippen LogP contribution in [-0.4, -0.2) is 26.3 Å². The van der Waals surface area contributed by atoms with E-state index in [2.05, 4.69) is 4.90 Å². The van der Waals surface area contributed by atoms with E-state index in [4.69, 9.17) is 10.5 Å². The second-order valence-corrected chi connectivity index (χ2v) is 4.90. The van der Waals surface area contributed by atoms with Crippen LogP contribution in [0.1, 0.15) is 30.5 Å². The van der Waals surface area contributed by atoms with Crippen molar-refractivity contribution >= 4 is 5.69 Å². The predicted molar refractivity (Wildman–Crippen MR) is 71.4 cm³/mol. The topological polar surface area (TPSA) is 38.5 Å². The zero-order valence-electron chi connectivity index (χ0n) is 11.1. The Morgan fingerprint density at radius 1 is 1.33 bits per heavy atom. The first-order valence-electron chi connectivity index (χ1n) is 6.48. The monoisotopic (exact) mass is 252 g/mol. The zero-order valence-corrected chi connectivity index (χ0v) is 11.1. The number of nitrogens with two attached hydrogens (primary N) is 1. The molecule has 4 heteroatoms. The number of hydrogen-bond donors (Lipinski definition) is 1. The van der Waals surface area contributed by atoms with Crippen LogP contribution in [0, 0.1) is 12.7 Å². The summed E-state index contributed by atoms with van der Waals surface area (Å²) in [7, 11) is 0. The molecule has 1 heterocycles. The van der Waals surface area contributed by atoms with E-state index in [0.29, 0.717) is 5.56 Å². The van der Waals surface area contributed by atoms with Crippen LogP contribution < -0.4 is 10.6 Å². The van der Waals surface area contributed by atoms with Crippen molar-refractivity contribution in [3.63, 3.8) is 0 Å². The maximum atomic E-state index is 13.7. The van der Waals surface area contributed by atoms with Gasteiger partial charge in [-0.05, 0) is 43.5 Å². The zero-order chi connectivity index (χ0) is 13.1. The summed E-state index contributed by atoms with van der Waals surface area (Å²) in [5.74, 6) is -0.183. The van der Waals surface area contributed by atoms with Gasteiger partial charge in [0.15, 0.2) is 0 Å². The molecule has 0 unspecified atom stereocenters. The molecule has 1 saturated heterocycles. The van der Waals surface area contributed by atoms with Gasteiger partial charge in [-0.1, -0.05) is 0 Å². The van der Waals surface area contributed by atoms with Gasteiger partial charge in [-0.25, -0.2) is 4.39 Å². The Bertz CT molecular complexity index is 413. The van der Waals surface area contributed by atoms with E-state index in [1.807, 2.05) is 13.0 Å². The van der Waals surface area contributed by atoms with Crippen LogP contribution in [0.15, 0.2) is 12.1 Å². The molecule has 1 aliphatic heterocycles. The lowest BCUT2D eigenvalue weighted by atomic mass is 10.0. The van der Waals surface area contributed by atoms with E-state index in [1.165, 1.54) is 0 Å². The van der Waals surface area contributed by atoms with Gasteiger partial charge in [0.05, 0.1) is 6.61 Å². The van der Waals surface area contributed by atoms with Gasteiger partial charge >= 0.3 is 0 Å². The first kappa shape index (κ1) is 13.3. The average molecular weight is 252 g/mol. The molecule has 0 spiro atoms.